The number of hydrogen-bond donors (Lipinski definition) is 1. The summed E-state index contributed by atoms with van der Waals surface area (Å²) >= 11 is 0. The predicted octanol–water partition coefficient (Wildman–Crippen LogP) is 4.66. The number of benzene rings is 2. The van der Waals surface area contributed by atoms with Crippen molar-refractivity contribution >= 4 is 11.0 Å². The Morgan fingerprint density at radius 2 is 1.74 bits per heavy atom. The molecular formula is C23H30N2O2. The summed E-state index contributed by atoms with van der Waals surface area (Å²) in [4.78, 5) is 4.82. The van der Waals surface area contributed by atoms with E-state index < -0.39 is 0 Å². The quantitative estimate of drug-likeness (QED) is 0.590. The molecule has 0 amide bonds. The number of nitrogens with zero attached hydrogens (tertiary/aromatic N) is 2. The minimum absolute atomic E-state index is 0.192. The summed E-state index contributed by atoms with van der Waals surface area (Å²) in [7, 11) is 0. The van der Waals surface area contributed by atoms with Crippen LogP contribution in [0.5, 0.6) is 5.75 Å². The van der Waals surface area contributed by atoms with Crippen molar-refractivity contribution < 1.29 is 9.84 Å². The van der Waals surface area contributed by atoms with Crippen LogP contribution >= 0.6 is 0 Å². The van der Waals surface area contributed by atoms with E-state index in [2.05, 4.69) is 62.6 Å². The van der Waals surface area contributed by atoms with Crippen molar-refractivity contribution in [2.24, 2.45) is 0 Å². The second-order valence-corrected chi connectivity index (χ2v) is 7.40. The molecule has 3 aromatic rings. The van der Waals surface area contributed by atoms with Gasteiger partial charge in [-0.25, -0.2) is 4.98 Å². The number of ether oxygens (including phenoxy) is 1. The first kappa shape index (κ1) is 19.4. The van der Waals surface area contributed by atoms with E-state index in [0.29, 0.717) is 6.61 Å². The number of rotatable bonds is 8. The van der Waals surface area contributed by atoms with Crippen molar-refractivity contribution in [3.05, 3.63) is 58.4 Å². The number of hydrogen-bond acceptors (Lipinski definition) is 3. The Labute approximate surface area is 161 Å². The molecule has 144 valence electrons. The topological polar surface area (TPSA) is 47.3 Å². The Hall–Kier alpha value is -2.33. The van der Waals surface area contributed by atoms with Gasteiger partial charge in [-0.1, -0.05) is 17.7 Å². The molecule has 4 heteroatoms. The molecule has 3 rings (SSSR count). The first-order valence-electron chi connectivity index (χ1n) is 9.77. The molecule has 0 aliphatic heterocycles. The molecular weight excluding hydrogens is 336 g/mol. The van der Waals surface area contributed by atoms with Gasteiger partial charge in [-0.05, 0) is 75.4 Å². The molecule has 4 nitrogen and oxygen atoms in total. The van der Waals surface area contributed by atoms with Gasteiger partial charge in [-0.15, -0.1) is 0 Å². The second-order valence-electron chi connectivity index (χ2n) is 7.40. The van der Waals surface area contributed by atoms with Gasteiger partial charge in [0.2, 0.25) is 0 Å². The molecule has 0 aliphatic rings. The highest BCUT2D eigenvalue weighted by atomic mass is 16.5. The van der Waals surface area contributed by atoms with E-state index in [1.807, 2.05) is 0 Å². The third-order valence-electron chi connectivity index (χ3n) is 5.12. The van der Waals surface area contributed by atoms with Crippen LogP contribution in [-0.2, 0) is 13.0 Å². The summed E-state index contributed by atoms with van der Waals surface area (Å²) in [6, 6.07) is 10.7. The predicted molar refractivity (Wildman–Crippen MR) is 111 cm³/mol. The average Bonchev–Trinajstić information content (AvgIpc) is 2.95. The maximum Gasteiger partial charge on any atom is 0.122 e. The average molecular weight is 367 g/mol. The number of aryl methyl sites for hydroxylation is 6. The van der Waals surface area contributed by atoms with Gasteiger partial charge >= 0.3 is 0 Å². The van der Waals surface area contributed by atoms with Crippen molar-refractivity contribution in [1.82, 2.24) is 9.55 Å². The highest BCUT2D eigenvalue weighted by Gasteiger charge is 2.12. The van der Waals surface area contributed by atoms with Gasteiger partial charge in [-0.2, -0.15) is 0 Å². The fourth-order valence-corrected chi connectivity index (χ4v) is 3.47. The Morgan fingerprint density at radius 1 is 0.963 bits per heavy atom. The van der Waals surface area contributed by atoms with Gasteiger partial charge in [0.1, 0.15) is 11.6 Å². The first-order valence-corrected chi connectivity index (χ1v) is 9.77. The maximum atomic E-state index is 9.21. The second kappa shape index (κ2) is 8.57. The van der Waals surface area contributed by atoms with Gasteiger partial charge in [0.05, 0.1) is 17.6 Å². The molecule has 0 spiro atoms. The van der Waals surface area contributed by atoms with Crippen LogP contribution in [0.4, 0.5) is 0 Å². The number of fused-ring (bicyclic) bond motifs is 1. The van der Waals surface area contributed by atoms with E-state index in [1.165, 1.54) is 27.8 Å². The lowest BCUT2D eigenvalue weighted by Crippen LogP contribution is -2.09. The van der Waals surface area contributed by atoms with Crippen LogP contribution in [-0.4, -0.2) is 27.9 Å². The molecule has 27 heavy (non-hydrogen) atoms. The third-order valence-corrected chi connectivity index (χ3v) is 5.12. The lowest BCUT2D eigenvalue weighted by atomic mass is 10.1. The number of aliphatic hydroxyl groups is 1. The lowest BCUT2D eigenvalue weighted by molar-refractivity contribution is 0.285. The molecule has 1 heterocycles. The molecule has 2 aromatic carbocycles. The van der Waals surface area contributed by atoms with Crippen molar-refractivity contribution in [3.8, 4) is 5.75 Å². The van der Waals surface area contributed by atoms with Gasteiger partial charge < -0.3 is 14.4 Å². The van der Waals surface area contributed by atoms with Crippen LogP contribution in [0.1, 0.15) is 40.9 Å². The van der Waals surface area contributed by atoms with Crippen molar-refractivity contribution in [2.75, 3.05) is 13.2 Å². The van der Waals surface area contributed by atoms with E-state index in [4.69, 9.17) is 9.72 Å². The first-order chi connectivity index (χ1) is 13.0. The van der Waals surface area contributed by atoms with E-state index in [-0.39, 0.29) is 6.61 Å². The van der Waals surface area contributed by atoms with Crippen molar-refractivity contribution in [2.45, 2.75) is 53.5 Å². The highest BCUT2D eigenvalue weighted by Crippen LogP contribution is 2.23. The summed E-state index contributed by atoms with van der Waals surface area (Å²) < 4.78 is 8.29. The zero-order chi connectivity index (χ0) is 19.4. The fraction of sp³-hybridized carbons (Fsp3) is 0.435. The Morgan fingerprint density at radius 3 is 2.48 bits per heavy atom. The van der Waals surface area contributed by atoms with Crippen LogP contribution < -0.4 is 4.74 Å². The zero-order valence-corrected chi connectivity index (χ0v) is 16.9. The monoisotopic (exact) mass is 366 g/mol. The lowest BCUT2D eigenvalue weighted by Gasteiger charge is -2.12. The summed E-state index contributed by atoms with van der Waals surface area (Å²) in [5, 5.41) is 9.21. The zero-order valence-electron chi connectivity index (χ0n) is 16.9. The summed E-state index contributed by atoms with van der Waals surface area (Å²) in [5.41, 5.74) is 7.20. The molecule has 0 fully saturated rings. The van der Waals surface area contributed by atoms with E-state index in [1.54, 1.807) is 0 Å². The SMILES string of the molecule is Cc1ccc(OCCCn2c(CCCO)nc3cc(C)c(C)cc32)c(C)c1. The Bertz CT molecular complexity index is 928. The number of aliphatic hydroxyl groups excluding tert-OH is 1. The summed E-state index contributed by atoms with van der Waals surface area (Å²) in [5.74, 6) is 2.01. The molecule has 0 atom stereocenters. The minimum Gasteiger partial charge on any atom is -0.493 e. The largest absolute Gasteiger partial charge is 0.493 e. The van der Waals surface area contributed by atoms with Crippen LogP contribution in [0.2, 0.25) is 0 Å². The van der Waals surface area contributed by atoms with Crippen LogP contribution in [0, 0.1) is 27.7 Å². The molecule has 0 saturated carbocycles. The van der Waals surface area contributed by atoms with E-state index in [9.17, 15) is 5.11 Å². The Kier molecular flexibility index (Phi) is 6.17. The van der Waals surface area contributed by atoms with Crippen molar-refractivity contribution in [3.63, 3.8) is 0 Å². The Balaban J connectivity index is 1.73. The van der Waals surface area contributed by atoms with Gasteiger partial charge in [0.15, 0.2) is 0 Å². The van der Waals surface area contributed by atoms with Gasteiger partial charge in [0, 0.05) is 19.6 Å². The molecule has 0 radical (unpaired) electrons. The van der Waals surface area contributed by atoms with Gasteiger partial charge in [0.25, 0.3) is 0 Å². The summed E-state index contributed by atoms with van der Waals surface area (Å²) in [6.07, 6.45) is 2.44. The summed E-state index contributed by atoms with van der Waals surface area (Å²) in [6.45, 7) is 10.2. The molecule has 0 bridgehead atoms. The maximum absolute atomic E-state index is 9.21. The fourth-order valence-electron chi connectivity index (χ4n) is 3.47. The van der Waals surface area contributed by atoms with Gasteiger partial charge in [-0.3, -0.25) is 0 Å². The van der Waals surface area contributed by atoms with Crippen LogP contribution in [0.3, 0.4) is 0 Å². The molecule has 0 unspecified atom stereocenters. The highest BCUT2D eigenvalue weighted by molar-refractivity contribution is 5.78. The normalized spacial score (nSPS) is 11.3. The molecule has 0 aliphatic carbocycles. The number of aromatic nitrogens is 2. The molecule has 1 aromatic heterocycles. The van der Waals surface area contributed by atoms with E-state index in [0.717, 1.165) is 42.9 Å². The third kappa shape index (κ3) is 4.51. The minimum atomic E-state index is 0.192. The van der Waals surface area contributed by atoms with Crippen LogP contribution in [0.25, 0.3) is 11.0 Å². The van der Waals surface area contributed by atoms with Crippen LogP contribution in [0.15, 0.2) is 30.3 Å². The van der Waals surface area contributed by atoms with E-state index >= 15 is 0 Å². The number of imidazole rings is 1. The molecule has 0 saturated heterocycles. The standard InChI is InChI=1S/C23H30N2O2/c1-16-8-9-22(19(4)13-16)27-12-6-10-25-21-15-18(3)17(2)14-20(21)24-23(25)7-5-11-26/h8-9,13-15,26H,5-7,10-12H2,1-4H3. The molecule has 1 N–H and O–H groups in total. The smallest absolute Gasteiger partial charge is 0.122 e. The van der Waals surface area contributed by atoms with Crippen molar-refractivity contribution in [1.29, 1.82) is 0 Å².